The largest absolute Gasteiger partial charge is 0.461 e. The van der Waals surface area contributed by atoms with Crippen LogP contribution in [0.1, 0.15) is 27.2 Å². The third-order valence-electron chi connectivity index (χ3n) is 5.87. The molecule has 0 saturated carbocycles. The lowest BCUT2D eigenvalue weighted by Gasteiger charge is -2.28. The molecule has 3 aromatic rings. The van der Waals surface area contributed by atoms with Crippen molar-refractivity contribution in [1.82, 2.24) is 8.94 Å². The average Bonchev–Trinajstić information content (AvgIpc) is 3.30. The fourth-order valence-electron chi connectivity index (χ4n) is 4.21. The van der Waals surface area contributed by atoms with Gasteiger partial charge in [0.15, 0.2) is 0 Å². The molecule has 156 valence electrons. The molecule has 3 heterocycles. The van der Waals surface area contributed by atoms with Gasteiger partial charge in [0, 0.05) is 25.2 Å². The van der Waals surface area contributed by atoms with Crippen LogP contribution < -0.4 is 26.4 Å². The molecule has 2 aromatic heterocycles. The Balaban J connectivity index is 1.96. The summed E-state index contributed by atoms with van der Waals surface area (Å²) in [6, 6.07) is 3.44. The van der Waals surface area contributed by atoms with Crippen molar-refractivity contribution in [3.8, 4) is 5.75 Å². The number of aromatic amines is 1. The first kappa shape index (κ1) is 19.9. The number of anilines is 1. The van der Waals surface area contributed by atoms with Crippen LogP contribution in [0.15, 0.2) is 21.7 Å². The Morgan fingerprint density at radius 3 is 2.76 bits per heavy atom. The molecule has 1 fully saturated rings. The van der Waals surface area contributed by atoms with E-state index in [-0.39, 0.29) is 16.4 Å². The monoisotopic (exact) mass is 420 g/mol. The predicted octanol–water partition coefficient (Wildman–Crippen LogP) is 2.79. The summed E-state index contributed by atoms with van der Waals surface area (Å²) >= 11 is 1.15. The van der Waals surface area contributed by atoms with Crippen molar-refractivity contribution in [3.05, 3.63) is 32.7 Å². The number of fused-ring (bicyclic) bond motifs is 2. The van der Waals surface area contributed by atoms with Gasteiger partial charge in [0.2, 0.25) is 12.3 Å². The first-order chi connectivity index (χ1) is 13.8. The number of rotatable bonds is 5. The summed E-state index contributed by atoms with van der Waals surface area (Å²) in [6.45, 7) is 7.08. The van der Waals surface area contributed by atoms with E-state index in [1.807, 2.05) is 31.4 Å². The van der Waals surface area contributed by atoms with Crippen LogP contribution >= 0.6 is 11.5 Å². The van der Waals surface area contributed by atoms with Gasteiger partial charge in [-0.05, 0) is 56.8 Å². The van der Waals surface area contributed by atoms with Crippen molar-refractivity contribution >= 4 is 38.3 Å². The number of alkyl halides is 1. The quantitative estimate of drug-likeness (QED) is 0.662. The second-order valence-corrected chi connectivity index (χ2v) is 8.93. The maximum Gasteiger partial charge on any atom is 0.271 e. The van der Waals surface area contributed by atoms with Crippen LogP contribution in [-0.4, -0.2) is 34.4 Å². The second kappa shape index (κ2) is 7.14. The van der Waals surface area contributed by atoms with E-state index in [0.717, 1.165) is 36.7 Å². The van der Waals surface area contributed by atoms with Crippen LogP contribution in [0.5, 0.6) is 5.75 Å². The summed E-state index contributed by atoms with van der Waals surface area (Å²) in [4.78, 5) is 27.9. The number of aryl methyl sites for hydroxylation is 1. The minimum absolute atomic E-state index is 0.134. The highest BCUT2D eigenvalue weighted by Gasteiger charge is 2.33. The smallest absolute Gasteiger partial charge is 0.271 e. The number of halogens is 1. The molecule has 0 spiro atoms. The molecule has 1 saturated heterocycles. The first-order valence-corrected chi connectivity index (χ1v) is 10.5. The van der Waals surface area contributed by atoms with E-state index in [0.29, 0.717) is 33.9 Å². The molecule has 0 aliphatic carbocycles. The molecule has 0 unspecified atom stereocenters. The zero-order valence-electron chi connectivity index (χ0n) is 16.8. The maximum atomic E-state index is 13.1. The van der Waals surface area contributed by atoms with E-state index in [2.05, 4.69) is 9.27 Å². The number of ether oxygens (including phenoxy) is 1. The standard InChI is InChI=1S/C20H25FN4O3S/c1-4-25-13-8-14(24-6-5-11(9-24)20(2,3)22)15(28-10-21)7-12(13)17(26)16-18(27)23-29-19(16)25/h7-8,11H,4-6,9-10,22H2,1-3H3,(H,23,27)/t11-/m1/s1. The number of nitrogens with zero attached hydrogens (tertiary/aromatic N) is 2. The molecular weight excluding hydrogens is 395 g/mol. The summed E-state index contributed by atoms with van der Waals surface area (Å²) < 4.78 is 23.0. The fourth-order valence-corrected chi connectivity index (χ4v) is 5.13. The predicted molar refractivity (Wildman–Crippen MR) is 115 cm³/mol. The van der Waals surface area contributed by atoms with Gasteiger partial charge in [-0.2, -0.15) is 0 Å². The number of aromatic nitrogens is 2. The summed E-state index contributed by atoms with van der Waals surface area (Å²) in [6.07, 6.45) is 0.926. The lowest BCUT2D eigenvalue weighted by Crippen LogP contribution is -2.42. The number of benzene rings is 1. The van der Waals surface area contributed by atoms with Gasteiger partial charge < -0.3 is 19.9 Å². The highest BCUT2D eigenvalue weighted by atomic mass is 32.1. The molecule has 0 radical (unpaired) electrons. The minimum atomic E-state index is -0.999. The lowest BCUT2D eigenvalue weighted by molar-refractivity contribution is 0.192. The normalized spacial score (nSPS) is 17.6. The van der Waals surface area contributed by atoms with E-state index in [9.17, 15) is 14.0 Å². The van der Waals surface area contributed by atoms with E-state index in [4.69, 9.17) is 10.5 Å². The number of nitrogens with two attached hydrogens (primary N) is 1. The van der Waals surface area contributed by atoms with Crippen LogP contribution in [0.25, 0.3) is 21.1 Å². The molecule has 7 nitrogen and oxygen atoms in total. The van der Waals surface area contributed by atoms with E-state index >= 15 is 0 Å². The van der Waals surface area contributed by atoms with Crippen molar-refractivity contribution in [2.45, 2.75) is 39.3 Å². The molecule has 0 amide bonds. The van der Waals surface area contributed by atoms with E-state index < -0.39 is 12.4 Å². The first-order valence-electron chi connectivity index (χ1n) is 9.70. The Hall–Kier alpha value is -2.39. The van der Waals surface area contributed by atoms with Gasteiger partial charge in [-0.1, -0.05) is 0 Å². The molecular formula is C20H25FN4O3S. The Morgan fingerprint density at radius 2 is 2.14 bits per heavy atom. The highest BCUT2D eigenvalue weighted by Crippen LogP contribution is 2.38. The van der Waals surface area contributed by atoms with Gasteiger partial charge in [-0.3, -0.25) is 14.0 Å². The van der Waals surface area contributed by atoms with Crippen LogP contribution in [0.2, 0.25) is 0 Å². The molecule has 9 heteroatoms. The van der Waals surface area contributed by atoms with Crippen LogP contribution in [-0.2, 0) is 6.54 Å². The molecule has 1 aromatic carbocycles. The molecule has 29 heavy (non-hydrogen) atoms. The van der Waals surface area contributed by atoms with Crippen molar-refractivity contribution in [2.75, 3.05) is 24.9 Å². The SMILES string of the molecule is CCn1c2cc(N3CC[C@@H](C(C)(C)N)C3)c(OCF)cc2c(=O)c2c(=O)[nH]sc21. The van der Waals surface area contributed by atoms with Gasteiger partial charge in [-0.15, -0.1) is 0 Å². The molecule has 1 atom stereocenters. The summed E-state index contributed by atoms with van der Waals surface area (Å²) in [5, 5.41) is 0.486. The van der Waals surface area contributed by atoms with Gasteiger partial charge in [0.1, 0.15) is 16.0 Å². The van der Waals surface area contributed by atoms with Crippen molar-refractivity contribution in [2.24, 2.45) is 11.7 Å². The Bertz CT molecular complexity index is 1190. The average molecular weight is 421 g/mol. The van der Waals surface area contributed by atoms with Crippen LogP contribution in [0, 0.1) is 5.92 Å². The van der Waals surface area contributed by atoms with E-state index in [1.165, 1.54) is 0 Å². The van der Waals surface area contributed by atoms with Gasteiger partial charge >= 0.3 is 0 Å². The van der Waals surface area contributed by atoms with Crippen molar-refractivity contribution < 1.29 is 9.13 Å². The van der Waals surface area contributed by atoms with Crippen molar-refractivity contribution in [1.29, 1.82) is 0 Å². The Labute approximate surface area is 171 Å². The fraction of sp³-hybridized carbons (Fsp3) is 0.500. The summed E-state index contributed by atoms with van der Waals surface area (Å²) in [5.74, 6) is 0.600. The number of pyridine rings is 1. The van der Waals surface area contributed by atoms with Crippen LogP contribution in [0.3, 0.4) is 0 Å². The lowest BCUT2D eigenvalue weighted by atomic mass is 9.88. The van der Waals surface area contributed by atoms with E-state index in [1.54, 1.807) is 6.07 Å². The molecule has 0 bridgehead atoms. The van der Waals surface area contributed by atoms with Gasteiger partial charge in [0.25, 0.3) is 5.56 Å². The molecule has 1 aliphatic heterocycles. The third-order valence-corrected chi connectivity index (χ3v) is 6.78. The maximum absolute atomic E-state index is 13.1. The van der Waals surface area contributed by atoms with Gasteiger partial charge in [-0.25, -0.2) is 4.39 Å². The molecule has 1 aliphatic rings. The highest BCUT2D eigenvalue weighted by molar-refractivity contribution is 7.12. The van der Waals surface area contributed by atoms with Gasteiger partial charge in [0.05, 0.1) is 16.6 Å². The minimum Gasteiger partial charge on any atom is -0.461 e. The number of nitrogens with one attached hydrogen (secondary N) is 1. The molecule has 4 rings (SSSR count). The Kier molecular flexibility index (Phi) is 4.90. The zero-order chi connectivity index (χ0) is 20.9. The second-order valence-electron chi connectivity index (χ2n) is 8.13. The topological polar surface area (TPSA) is 93.3 Å². The number of hydrogen-bond donors (Lipinski definition) is 2. The number of H-pyrrole nitrogens is 1. The van der Waals surface area contributed by atoms with Crippen molar-refractivity contribution in [3.63, 3.8) is 0 Å². The van der Waals surface area contributed by atoms with Crippen LogP contribution in [0.4, 0.5) is 10.1 Å². The Morgan fingerprint density at radius 1 is 1.38 bits per heavy atom. The third kappa shape index (κ3) is 3.22. The summed E-state index contributed by atoms with van der Waals surface area (Å²) in [7, 11) is 0. The molecule has 3 N–H and O–H groups in total. The summed E-state index contributed by atoms with van der Waals surface area (Å²) in [5.41, 5.74) is 6.67. The zero-order valence-corrected chi connectivity index (χ0v) is 17.6. The number of hydrogen-bond acceptors (Lipinski definition) is 6.